The first-order valence-corrected chi connectivity index (χ1v) is 10.2. The second-order valence-corrected chi connectivity index (χ2v) is 6.49. The summed E-state index contributed by atoms with van der Waals surface area (Å²) >= 11 is 0. The van der Waals surface area contributed by atoms with Crippen LogP contribution < -0.4 is 15.4 Å². The van der Waals surface area contributed by atoms with Crippen LogP contribution in [-0.2, 0) is 13.1 Å². The van der Waals surface area contributed by atoms with Gasteiger partial charge in [-0.05, 0) is 44.5 Å². The average molecular weight is 397 g/mol. The number of carbonyl (C=O) groups excluding carboxylic acids is 1. The van der Waals surface area contributed by atoms with Gasteiger partial charge in [-0.1, -0.05) is 30.3 Å². The summed E-state index contributed by atoms with van der Waals surface area (Å²) in [4.78, 5) is 18.5. The van der Waals surface area contributed by atoms with Gasteiger partial charge in [-0.25, -0.2) is 0 Å². The fourth-order valence-electron chi connectivity index (χ4n) is 2.99. The maximum atomic E-state index is 12.4. The van der Waals surface area contributed by atoms with Crippen LogP contribution in [-0.4, -0.2) is 43.5 Å². The highest BCUT2D eigenvalue weighted by atomic mass is 16.5. The number of guanidine groups is 1. The first-order chi connectivity index (χ1) is 14.1. The van der Waals surface area contributed by atoms with Gasteiger partial charge in [-0.15, -0.1) is 0 Å². The highest BCUT2D eigenvalue weighted by Gasteiger charge is 2.12. The summed E-state index contributed by atoms with van der Waals surface area (Å²) in [7, 11) is 1.75. The van der Waals surface area contributed by atoms with Crippen LogP contribution >= 0.6 is 0 Å². The molecule has 6 nitrogen and oxygen atoms in total. The maximum absolute atomic E-state index is 12.4. The second kappa shape index (κ2) is 11.7. The highest BCUT2D eigenvalue weighted by Crippen LogP contribution is 2.17. The molecule has 0 heterocycles. The van der Waals surface area contributed by atoms with Crippen molar-refractivity contribution in [1.29, 1.82) is 0 Å². The van der Waals surface area contributed by atoms with Crippen molar-refractivity contribution in [2.75, 3.05) is 26.7 Å². The fraction of sp³-hybridized carbons (Fsp3) is 0.391. The SMILES string of the molecule is CCOc1ccccc1CNC(=NC)NCc1ccc(C(=O)N(CC)CC)cc1. The van der Waals surface area contributed by atoms with Crippen molar-refractivity contribution in [2.45, 2.75) is 33.9 Å². The minimum atomic E-state index is 0.0694. The van der Waals surface area contributed by atoms with E-state index in [1.807, 2.05) is 74.2 Å². The Bertz CT molecular complexity index is 799. The quantitative estimate of drug-likeness (QED) is 0.503. The third kappa shape index (κ3) is 6.52. The molecular formula is C23H32N4O2. The van der Waals surface area contributed by atoms with Gasteiger partial charge < -0.3 is 20.3 Å². The zero-order valence-electron chi connectivity index (χ0n) is 17.9. The Morgan fingerprint density at radius 3 is 2.24 bits per heavy atom. The largest absolute Gasteiger partial charge is 0.494 e. The number of carbonyl (C=O) groups is 1. The molecule has 156 valence electrons. The standard InChI is InChI=1S/C23H32N4O2/c1-5-27(6-2)22(28)19-14-12-18(13-15-19)16-25-23(24-4)26-17-20-10-8-9-11-21(20)29-7-3/h8-15H,5-7,16-17H2,1-4H3,(H2,24,25,26). The number of hydrogen-bond acceptors (Lipinski definition) is 3. The normalized spacial score (nSPS) is 11.1. The molecule has 2 aromatic carbocycles. The van der Waals surface area contributed by atoms with Crippen molar-refractivity contribution in [1.82, 2.24) is 15.5 Å². The minimum absolute atomic E-state index is 0.0694. The lowest BCUT2D eigenvalue weighted by Gasteiger charge is -2.18. The fourth-order valence-corrected chi connectivity index (χ4v) is 2.99. The zero-order valence-corrected chi connectivity index (χ0v) is 17.9. The molecule has 0 unspecified atom stereocenters. The molecule has 2 rings (SSSR count). The van der Waals surface area contributed by atoms with Crippen LogP contribution in [0.2, 0.25) is 0 Å². The molecule has 0 radical (unpaired) electrons. The number of ether oxygens (including phenoxy) is 1. The predicted octanol–water partition coefficient (Wildman–Crippen LogP) is 3.43. The third-order valence-corrected chi connectivity index (χ3v) is 4.65. The maximum Gasteiger partial charge on any atom is 0.253 e. The van der Waals surface area contributed by atoms with Gasteiger partial charge >= 0.3 is 0 Å². The summed E-state index contributed by atoms with van der Waals surface area (Å²) in [5.41, 5.74) is 2.88. The number of nitrogens with one attached hydrogen (secondary N) is 2. The summed E-state index contributed by atoms with van der Waals surface area (Å²) in [6, 6.07) is 15.7. The Hall–Kier alpha value is -3.02. The summed E-state index contributed by atoms with van der Waals surface area (Å²) < 4.78 is 5.66. The van der Waals surface area contributed by atoms with E-state index in [-0.39, 0.29) is 5.91 Å². The molecule has 6 heteroatoms. The summed E-state index contributed by atoms with van der Waals surface area (Å²) in [6.45, 7) is 9.26. The number of amides is 1. The van der Waals surface area contributed by atoms with E-state index in [9.17, 15) is 4.79 Å². The van der Waals surface area contributed by atoms with Gasteiger partial charge in [0, 0.05) is 44.4 Å². The van der Waals surface area contributed by atoms with Crippen molar-refractivity contribution in [3.8, 4) is 5.75 Å². The van der Waals surface area contributed by atoms with Crippen molar-refractivity contribution < 1.29 is 9.53 Å². The van der Waals surface area contributed by atoms with Crippen LogP contribution in [0.25, 0.3) is 0 Å². The van der Waals surface area contributed by atoms with Gasteiger partial charge in [-0.3, -0.25) is 9.79 Å². The van der Waals surface area contributed by atoms with Gasteiger partial charge in [-0.2, -0.15) is 0 Å². The second-order valence-electron chi connectivity index (χ2n) is 6.49. The summed E-state index contributed by atoms with van der Waals surface area (Å²) in [5.74, 6) is 1.66. The Labute approximate surface area is 174 Å². The third-order valence-electron chi connectivity index (χ3n) is 4.65. The number of hydrogen-bond donors (Lipinski definition) is 2. The lowest BCUT2D eigenvalue weighted by Crippen LogP contribution is -2.36. The van der Waals surface area contributed by atoms with Crippen molar-refractivity contribution in [3.63, 3.8) is 0 Å². The van der Waals surface area contributed by atoms with E-state index in [4.69, 9.17) is 4.74 Å². The molecule has 0 aliphatic rings. The van der Waals surface area contributed by atoms with Gasteiger partial charge in [0.05, 0.1) is 6.61 Å². The molecule has 0 aromatic heterocycles. The molecule has 0 saturated carbocycles. The van der Waals surface area contributed by atoms with E-state index in [1.54, 1.807) is 7.05 Å². The van der Waals surface area contributed by atoms with Crippen molar-refractivity contribution in [2.24, 2.45) is 4.99 Å². The predicted molar refractivity (Wildman–Crippen MR) is 118 cm³/mol. The van der Waals surface area contributed by atoms with Gasteiger partial charge in [0.1, 0.15) is 5.75 Å². The molecule has 0 aliphatic carbocycles. The molecule has 0 fully saturated rings. The number of rotatable bonds is 9. The van der Waals surface area contributed by atoms with Crippen LogP contribution in [0.15, 0.2) is 53.5 Å². The van der Waals surface area contributed by atoms with E-state index >= 15 is 0 Å². The van der Waals surface area contributed by atoms with E-state index in [0.29, 0.717) is 44.3 Å². The number of nitrogens with zero attached hydrogens (tertiary/aromatic N) is 2. The minimum Gasteiger partial charge on any atom is -0.494 e. The topological polar surface area (TPSA) is 66.0 Å². The molecule has 0 aliphatic heterocycles. The number of aliphatic imine (C=N–C) groups is 1. The molecule has 29 heavy (non-hydrogen) atoms. The van der Waals surface area contributed by atoms with E-state index in [0.717, 1.165) is 16.9 Å². The first-order valence-electron chi connectivity index (χ1n) is 10.2. The molecule has 0 saturated heterocycles. The van der Waals surface area contributed by atoms with E-state index in [2.05, 4.69) is 15.6 Å². The number of benzene rings is 2. The van der Waals surface area contributed by atoms with Crippen molar-refractivity contribution in [3.05, 3.63) is 65.2 Å². The van der Waals surface area contributed by atoms with Crippen LogP contribution in [0.5, 0.6) is 5.75 Å². The van der Waals surface area contributed by atoms with E-state index in [1.165, 1.54) is 0 Å². The average Bonchev–Trinajstić information content (AvgIpc) is 2.76. The van der Waals surface area contributed by atoms with Crippen LogP contribution in [0, 0.1) is 0 Å². The molecule has 0 atom stereocenters. The summed E-state index contributed by atoms with van der Waals surface area (Å²) in [5, 5.41) is 6.62. The van der Waals surface area contributed by atoms with Crippen LogP contribution in [0.3, 0.4) is 0 Å². The molecule has 2 aromatic rings. The highest BCUT2D eigenvalue weighted by molar-refractivity contribution is 5.94. The van der Waals surface area contributed by atoms with Crippen LogP contribution in [0.4, 0.5) is 0 Å². The Morgan fingerprint density at radius 1 is 0.966 bits per heavy atom. The van der Waals surface area contributed by atoms with E-state index < -0.39 is 0 Å². The Kier molecular flexibility index (Phi) is 9.02. The molecule has 0 bridgehead atoms. The van der Waals surface area contributed by atoms with Gasteiger partial charge in [0.15, 0.2) is 5.96 Å². The monoisotopic (exact) mass is 396 g/mol. The molecule has 0 spiro atoms. The Balaban J connectivity index is 1.90. The van der Waals surface area contributed by atoms with Gasteiger partial charge in [0.25, 0.3) is 5.91 Å². The van der Waals surface area contributed by atoms with Crippen molar-refractivity contribution >= 4 is 11.9 Å². The summed E-state index contributed by atoms with van der Waals surface area (Å²) in [6.07, 6.45) is 0. The Morgan fingerprint density at radius 2 is 1.62 bits per heavy atom. The lowest BCUT2D eigenvalue weighted by molar-refractivity contribution is 0.0773. The van der Waals surface area contributed by atoms with Gasteiger partial charge in [0.2, 0.25) is 0 Å². The molecule has 1 amide bonds. The number of para-hydroxylation sites is 1. The molecular weight excluding hydrogens is 364 g/mol. The smallest absolute Gasteiger partial charge is 0.253 e. The first kappa shape index (κ1) is 22.3. The molecule has 2 N–H and O–H groups in total. The zero-order chi connectivity index (χ0) is 21.1. The lowest BCUT2D eigenvalue weighted by atomic mass is 10.1. The van der Waals surface area contributed by atoms with Crippen LogP contribution in [0.1, 0.15) is 42.3 Å².